The van der Waals surface area contributed by atoms with Gasteiger partial charge in [0.1, 0.15) is 12.2 Å². The highest BCUT2D eigenvalue weighted by Gasteiger charge is 2.42. The molecule has 0 radical (unpaired) electrons. The van der Waals surface area contributed by atoms with Gasteiger partial charge in [-0.05, 0) is 73.6 Å². The number of aryl methyl sites for hydroxylation is 1. The summed E-state index contributed by atoms with van der Waals surface area (Å²) in [4.78, 5) is 15.2. The number of alkyl halides is 3. The van der Waals surface area contributed by atoms with Gasteiger partial charge < -0.3 is 19.5 Å². The molecule has 0 unspecified atom stereocenters. The molecule has 3 heterocycles. The van der Waals surface area contributed by atoms with Crippen LogP contribution in [0.25, 0.3) is 0 Å². The summed E-state index contributed by atoms with van der Waals surface area (Å²) in [7, 11) is 1.88. The summed E-state index contributed by atoms with van der Waals surface area (Å²) in [5.74, 6) is 0.457. The number of halogens is 3. The van der Waals surface area contributed by atoms with E-state index in [9.17, 15) is 18.0 Å². The molecule has 1 aromatic heterocycles. The summed E-state index contributed by atoms with van der Waals surface area (Å²) in [6.07, 6.45) is 0.789. The normalized spacial score (nSPS) is 20.1. The van der Waals surface area contributed by atoms with E-state index in [0.29, 0.717) is 30.9 Å². The van der Waals surface area contributed by atoms with Crippen molar-refractivity contribution < 1.29 is 22.7 Å². The number of benzene rings is 2. The fourth-order valence-corrected chi connectivity index (χ4v) is 6.32. The molecule has 1 amide bonds. The van der Waals surface area contributed by atoms with Crippen LogP contribution in [0.3, 0.4) is 0 Å². The van der Waals surface area contributed by atoms with Crippen LogP contribution in [-0.4, -0.2) is 39.4 Å². The molecular formula is C30H34F3N5O2. The average Bonchev–Trinajstić information content (AvgIpc) is 3.45. The maximum Gasteiger partial charge on any atom is 0.416 e. The van der Waals surface area contributed by atoms with Crippen molar-refractivity contribution in [2.45, 2.75) is 69.8 Å². The van der Waals surface area contributed by atoms with Crippen LogP contribution < -0.4 is 10.2 Å². The molecule has 1 saturated carbocycles. The number of ether oxygens (including phenoxy) is 1. The first-order chi connectivity index (χ1) is 19.1. The van der Waals surface area contributed by atoms with E-state index in [-0.39, 0.29) is 41.1 Å². The minimum Gasteiger partial charge on any atom is -0.381 e. The van der Waals surface area contributed by atoms with Crippen molar-refractivity contribution in [1.29, 1.82) is 0 Å². The molecule has 2 fully saturated rings. The van der Waals surface area contributed by atoms with Gasteiger partial charge in [0.2, 0.25) is 0 Å². The van der Waals surface area contributed by atoms with E-state index in [1.807, 2.05) is 36.7 Å². The summed E-state index contributed by atoms with van der Waals surface area (Å²) < 4.78 is 50.5. The summed E-state index contributed by atoms with van der Waals surface area (Å²) >= 11 is 0. The minimum absolute atomic E-state index is 0.0357. The zero-order valence-corrected chi connectivity index (χ0v) is 23.0. The topological polar surface area (TPSA) is 72.3 Å². The molecule has 1 saturated heterocycles. The first-order valence-corrected chi connectivity index (χ1v) is 13.9. The molecule has 3 aromatic rings. The van der Waals surface area contributed by atoms with Gasteiger partial charge in [-0.2, -0.15) is 13.2 Å². The van der Waals surface area contributed by atoms with Gasteiger partial charge in [-0.1, -0.05) is 19.1 Å². The smallest absolute Gasteiger partial charge is 0.381 e. The van der Waals surface area contributed by atoms with Crippen molar-refractivity contribution in [2.75, 3.05) is 18.1 Å². The number of amides is 1. The van der Waals surface area contributed by atoms with Crippen molar-refractivity contribution in [2.24, 2.45) is 13.0 Å². The highest BCUT2D eigenvalue weighted by Crippen LogP contribution is 2.43. The van der Waals surface area contributed by atoms with Crippen LogP contribution in [0.5, 0.6) is 0 Å². The lowest BCUT2D eigenvalue weighted by molar-refractivity contribution is -0.138. The number of aromatic nitrogens is 3. The molecule has 1 N–H and O–H groups in total. The van der Waals surface area contributed by atoms with Crippen molar-refractivity contribution >= 4 is 11.6 Å². The number of fused-ring (bicyclic) bond motifs is 1. The Kier molecular flexibility index (Phi) is 6.73. The van der Waals surface area contributed by atoms with Crippen LogP contribution in [0.1, 0.15) is 89.9 Å². The average molecular weight is 554 g/mol. The van der Waals surface area contributed by atoms with E-state index in [1.54, 1.807) is 18.5 Å². The Balaban J connectivity index is 1.36. The first-order valence-electron chi connectivity index (χ1n) is 13.9. The van der Waals surface area contributed by atoms with Gasteiger partial charge in [0.05, 0.1) is 31.2 Å². The number of nitrogens with one attached hydrogen (secondary N) is 1. The first kappa shape index (κ1) is 27.0. The van der Waals surface area contributed by atoms with E-state index < -0.39 is 17.6 Å². The van der Waals surface area contributed by atoms with Crippen LogP contribution in [0.2, 0.25) is 0 Å². The van der Waals surface area contributed by atoms with Gasteiger partial charge >= 0.3 is 6.18 Å². The van der Waals surface area contributed by atoms with Gasteiger partial charge in [0, 0.05) is 35.8 Å². The zero-order chi connectivity index (χ0) is 28.2. The quantitative estimate of drug-likeness (QED) is 0.384. The number of hydrogen-bond donors (Lipinski definition) is 1. The number of hydrogen-bond acceptors (Lipinski definition) is 5. The van der Waals surface area contributed by atoms with Gasteiger partial charge in [-0.25, -0.2) is 0 Å². The van der Waals surface area contributed by atoms with Crippen LogP contribution in [-0.2, 0) is 24.5 Å². The molecule has 7 nitrogen and oxygen atoms in total. The van der Waals surface area contributed by atoms with E-state index in [4.69, 9.17) is 4.74 Å². The van der Waals surface area contributed by atoms with E-state index >= 15 is 0 Å². The van der Waals surface area contributed by atoms with Crippen LogP contribution in [0, 0.1) is 5.92 Å². The van der Waals surface area contributed by atoms with E-state index in [1.165, 1.54) is 11.0 Å². The van der Waals surface area contributed by atoms with Crippen molar-refractivity contribution in [3.63, 3.8) is 0 Å². The van der Waals surface area contributed by atoms with Crippen LogP contribution in [0.15, 0.2) is 42.7 Å². The minimum atomic E-state index is -4.57. The predicted octanol–water partition coefficient (Wildman–Crippen LogP) is 5.76. The molecule has 2 aromatic carbocycles. The molecule has 3 aliphatic rings. The number of carbonyl (C=O) groups is 1. The van der Waals surface area contributed by atoms with Gasteiger partial charge in [-0.15, -0.1) is 10.2 Å². The third-order valence-electron chi connectivity index (χ3n) is 8.86. The Morgan fingerprint density at radius 1 is 1.18 bits per heavy atom. The van der Waals surface area contributed by atoms with Crippen molar-refractivity contribution in [3.05, 3.63) is 76.4 Å². The van der Waals surface area contributed by atoms with Crippen molar-refractivity contribution in [3.8, 4) is 0 Å². The Morgan fingerprint density at radius 2 is 1.95 bits per heavy atom. The van der Waals surface area contributed by atoms with Crippen LogP contribution >= 0.6 is 0 Å². The standard InChI is InChI=1S/C30H34F3N5O2/c1-4-25(35-29(2)9-6-10-29)19-12-22-23(24(13-19)30(31,32)33)14-38(28(22)39)21-8-5-7-18(11-21)26(20-15-40-16-20)27-36-34-17-37(27)3/h5,7-8,11-13,17,20,25-26,35H,4,6,9-10,14-16H2,1-3H3/t25-,26+/m0/s1. The largest absolute Gasteiger partial charge is 0.416 e. The maximum atomic E-state index is 14.4. The van der Waals surface area contributed by atoms with Crippen LogP contribution in [0.4, 0.5) is 18.9 Å². The molecule has 0 bridgehead atoms. The maximum absolute atomic E-state index is 14.4. The van der Waals surface area contributed by atoms with E-state index in [0.717, 1.165) is 30.7 Å². The summed E-state index contributed by atoms with van der Waals surface area (Å²) in [5.41, 5.74) is 1.35. The second-order valence-corrected chi connectivity index (χ2v) is 11.7. The second kappa shape index (κ2) is 9.99. The van der Waals surface area contributed by atoms with Gasteiger partial charge in [-0.3, -0.25) is 4.79 Å². The molecule has 1 aliphatic carbocycles. The SMILES string of the molecule is CC[C@H](NC1(C)CCC1)c1cc2c(c(C(F)(F)F)c1)CN(c1cccc([C@@H](c3nncn3C)C3COC3)c1)C2=O. The molecule has 10 heteroatoms. The lowest BCUT2D eigenvalue weighted by Gasteiger charge is -2.42. The van der Waals surface area contributed by atoms with Gasteiger partial charge in [0.15, 0.2) is 0 Å². The lowest BCUT2D eigenvalue weighted by atomic mass is 9.77. The number of anilines is 1. The summed E-state index contributed by atoms with van der Waals surface area (Å²) in [6.45, 7) is 5.11. The Labute approximate surface area is 231 Å². The monoisotopic (exact) mass is 553 g/mol. The molecule has 2 atom stereocenters. The highest BCUT2D eigenvalue weighted by atomic mass is 19.4. The van der Waals surface area contributed by atoms with Crippen molar-refractivity contribution in [1.82, 2.24) is 20.1 Å². The Morgan fingerprint density at radius 3 is 2.52 bits per heavy atom. The highest BCUT2D eigenvalue weighted by molar-refractivity contribution is 6.10. The molecule has 212 valence electrons. The summed E-state index contributed by atoms with van der Waals surface area (Å²) in [5, 5.41) is 11.9. The molecule has 6 rings (SSSR count). The van der Waals surface area contributed by atoms with E-state index in [2.05, 4.69) is 22.4 Å². The molecule has 0 spiro atoms. The Bertz CT molecular complexity index is 1430. The number of rotatable bonds is 8. The predicted molar refractivity (Wildman–Crippen MR) is 144 cm³/mol. The molecule has 40 heavy (non-hydrogen) atoms. The number of nitrogens with zero attached hydrogens (tertiary/aromatic N) is 4. The lowest BCUT2D eigenvalue weighted by Crippen LogP contribution is -2.49. The zero-order valence-electron chi connectivity index (χ0n) is 23.0. The summed E-state index contributed by atoms with van der Waals surface area (Å²) in [6, 6.07) is 10.1. The molecule has 2 aliphatic heterocycles. The Hall–Kier alpha value is -3.24. The third kappa shape index (κ3) is 4.71. The number of carbonyl (C=O) groups excluding carboxylic acids is 1. The fraction of sp³-hybridized carbons (Fsp3) is 0.500. The fourth-order valence-electron chi connectivity index (χ4n) is 6.32. The third-order valence-corrected chi connectivity index (χ3v) is 8.86. The molecular weight excluding hydrogens is 519 g/mol. The van der Waals surface area contributed by atoms with Gasteiger partial charge in [0.25, 0.3) is 5.91 Å². The second-order valence-electron chi connectivity index (χ2n) is 11.7.